The predicted octanol–water partition coefficient (Wildman–Crippen LogP) is 2.60. The van der Waals surface area contributed by atoms with Crippen LogP contribution in [0.1, 0.15) is 33.5 Å². The summed E-state index contributed by atoms with van der Waals surface area (Å²) >= 11 is 2.79. The molecule has 1 N–H and O–H groups in total. The van der Waals surface area contributed by atoms with Crippen molar-refractivity contribution in [1.82, 2.24) is 10.3 Å². The minimum absolute atomic E-state index is 0.0519. The van der Waals surface area contributed by atoms with Gasteiger partial charge >= 0.3 is 0 Å². The topological polar surface area (TPSA) is 59.1 Å². The first-order chi connectivity index (χ1) is 8.66. The number of nitrogens with one attached hydrogen (secondary N) is 1. The monoisotopic (exact) mass is 280 g/mol. The first kappa shape index (κ1) is 12.9. The van der Waals surface area contributed by atoms with E-state index in [2.05, 4.69) is 10.3 Å². The highest BCUT2D eigenvalue weighted by Crippen LogP contribution is 2.12. The Labute approximate surface area is 113 Å². The lowest BCUT2D eigenvalue weighted by atomic mass is 10.1. The third-order valence-electron chi connectivity index (χ3n) is 2.33. The largest absolute Gasteiger partial charge is 0.348 e. The SMILES string of the molecule is CC(CC(=O)c1cccs1)NC(=O)c1cscn1. The number of carbonyl (C=O) groups excluding carboxylic acids is 2. The molecule has 2 aromatic heterocycles. The number of amides is 1. The summed E-state index contributed by atoms with van der Waals surface area (Å²) in [6.07, 6.45) is 0.302. The van der Waals surface area contributed by atoms with Crippen LogP contribution in [0.5, 0.6) is 0 Å². The second kappa shape index (κ2) is 5.88. The van der Waals surface area contributed by atoms with Crippen molar-refractivity contribution in [2.75, 3.05) is 0 Å². The van der Waals surface area contributed by atoms with Gasteiger partial charge in [0.15, 0.2) is 5.78 Å². The number of thiophene rings is 1. The van der Waals surface area contributed by atoms with Crippen LogP contribution in [-0.4, -0.2) is 22.7 Å². The fraction of sp³-hybridized carbons (Fsp3) is 0.250. The Balaban J connectivity index is 1.87. The van der Waals surface area contributed by atoms with E-state index in [9.17, 15) is 9.59 Å². The Bertz CT molecular complexity index is 472. The zero-order valence-corrected chi connectivity index (χ0v) is 11.4. The summed E-state index contributed by atoms with van der Waals surface area (Å²) in [6, 6.07) is 3.44. The van der Waals surface area contributed by atoms with Crippen LogP contribution in [0.2, 0.25) is 0 Å². The molecule has 0 spiro atoms. The van der Waals surface area contributed by atoms with Gasteiger partial charge in [-0.15, -0.1) is 22.7 Å². The zero-order valence-electron chi connectivity index (χ0n) is 9.75. The Kier molecular flexibility index (Phi) is 4.22. The van der Waals surface area contributed by atoms with Crippen LogP contribution in [-0.2, 0) is 0 Å². The van der Waals surface area contributed by atoms with Gasteiger partial charge in [0.2, 0.25) is 0 Å². The molecule has 0 aromatic carbocycles. The molecule has 1 unspecified atom stereocenters. The smallest absolute Gasteiger partial charge is 0.270 e. The number of nitrogens with zero attached hydrogens (tertiary/aromatic N) is 1. The second-order valence-corrected chi connectivity index (χ2v) is 5.52. The Morgan fingerprint density at radius 1 is 1.50 bits per heavy atom. The fourth-order valence-corrected chi connectivity index (χ4v) is 2.70. The maximum absolute atomic E-state index is 11.8. The van der Waals surface area contributed by atoms with Gasteiger partial charge in [-0.1, -0.05) is 6.07 Å². The van der Waals surface area contributed by atoms with E-state index in [0.717, 1.165) is 4.88 Å². The molecule has 0 aliphatic heterocycles. The van der Waals surface area contributed by atoms with Crippen molar-refractivity contribution in [1.29, 1.82) is 0 Å². The normalized spacial score (nSPS) is 12.1. The van der Waals surface area contributed by atoms with Crippen molar-refractivity contribution < 1.29 is 9.59 Å². The fourth-order valence-electron chi connectivity index (χ4n) is 1.49. The average Bonchev–Trinajstić information content (AvgIpc) is 3.02. The van der Waals surface area contributed by atoms with E-state index < -0.39 is 0 Å². The third-order valence-corrected chi connectivity index (χ3v) is 3.83. The van der Waals surface area contributed by atoms with Crippen LogP contribution in [0.4, 0.5) is 0 Å². The van der Waals surface area contributed by atoms with E-state index in [1.54, 1.807) is 17.0 Å². The van der Waals surface area contributed by atoms with Crippen LogP contribution in [0.25, 0.3) is 0 Å². The molecule has 0 aliphatic rings. The molecule has 18 heavy (non-hydrogen) atoms. The summed E-state index contributed by atoms with van der Waals surface area (Å²) in [5.74, 6) is -0.182. The van der Waals surface area contributed by atoms with Gasteiger partial charge in [-0.25, -0.2) is 4.98 Å². The van der Waals surface area contributed by atoms with Crippen molar-refractivity contribution in [2.24, 2.45) is 0 Å². The van der Waals surface area contributed by atoms with E-state index in [1.165, 1.54) is 22.7 Å². The number of thiazole rings is 1. The Morgan fingerprint density at radius 2 is 2.33 bits per heavy atom. The first-order valence-electron chi connectivity index (χ1n) is 5.42. The zero-order chi connectivity index (χ0) is 13.0. The van der Waals surface area contributed by atoms with E-state index in [4.69, 9.17) is 0 Å². The van der Waals surface area contributed by atoms with Crippen LogP contribution in [0, 0.1) is 0 Å². The highest BCUT2D eigenvalue weighted by Gasteiger charge is 2.15. The Morgan fingerprint density at radius 3 is 2.94 bits per heavy atom. The van der Waals surface area contributed by atoms with Gasteiger partial charge in [0.05, 0.1) is 10.4 Å². The molecule has 6 heteroatoms. The number of Topliss-reactive ketones (excluding diaryl/α,β-unsaturated/α-hetero) is 1. The van der Waals surface area contributed by atoms with Crippen LogP contribution in [0.15, 0.2) is 28.4 Å². The molecule has 2 heterocycles. The molecule has 0 bridgehead atoms. The predicted molar refractivity (Wildman–Crippen MR) is 72.3 cm³/mol. The number of carbonyl (C=O) groups is 2. The van der Waals surface area contributed by atoms with E-state index in [1.807, 2.05) is 18.4 Å². The molecule has 0 fully saturated rings. The molecule has 1 atom stereocenters. The molecular formula is C12H12N2O2S2. The molecule has 4 nitrogen and oxygen atoms in total. The molecule has 0 radical (unpaired) electrons. The minimum atomic E-state index is -0.234. The average molecular weight is 280 g/mol. The first-order valence-corrected chi connectivity index (χ1v) is 7.25. The second-order valence-electron chi connectivity index (χ2n) is 3.85. The minimum Gasteiger partial charge on any atom is -0.348 e. The number of aromatic nitrogens is 1. The quantitative estimate of drug-likeness (QED) is 0.856. The third kappa shape index (κ3) is 3.24. The van der Waals surface area contributed by atoms with Gasteiger partial charge in [0, 0.05) is 17.8 Å². The number of ketones is 1. The maximum atomic E-state index is 11.8. The van der Waals surface area contributed by atoms with Gasteiger partial charge in [-0.05, 0) is 18.4 Å². The van der Waals surface area contributed by atoms with Gasteiger partial charge in [0.25, 0.3) is 5.91 Å². The highest BCUT2D eigenvalue weighted by molar-refractivity contribution is 7.12. The van der Waals surface area contributed by atoms with Crippen LogP contribution >= 0.6 is 22.7 Å². The maximum Gasteiger partial charge on any atom is 0.270 e. The molecule has 0 aliphatic carbocycles. The molecule has 1 amide bonds. The van der Waals surface area contributed by atoms with E-state index in [-0.39, 0.29) is 17.7 Å². The van der Waals surface area contributed by atoms with Crippen molar-refractivity contribution >= 4 is 34.4 Å². The van der Waals surface area contributed by atoms with Gasteiger partial charge in [0.1, 0.15) is 5.69 Å². The summed E-state index contributed by atoms with van der Waals surface area (Å²) < 4.78 is 0. The number of hydrogen-bond acceptors (Lipinski definition) is 5. The molecule has 2 rings (SSSR count). The van der Waals surface area contributed by atoms with Crippen molar-refractivity contribution in [2.45, 2.75) is 19.4 Å². The molecule has 0 saturated carbocycles. The number of rotatable bonds is 5. The molecule has 2 aromatic rings. The standard InChI is InChI=1S/C12H12N2O2S2/c1-8(5-10(15)11-3-2-4-18-11)14-12(16)9-6-17-7-13-9/h2-4,6-8H,5H2,1H3,(H,14,16). The molecule has 94 valence electrons. The van der Waals surface area contributed by atoms with Crippen molar-refractivity contribution in [3.05, 3.63) is 39.0 Å². The summed E-state index contributed by atoms with van der Waals surface area (Å²) in [7, 11) is 0. The van der Waals surface area contributed by atoms with E-state index in [0.29, 0.717) is 12.1 Å². The lowest BCUT2D eigenvalue weighted by Crippen LogP contribution is -2.34. The summed E-state index contributed by atoms with van der Waals surface area (Å²) in [5.41, 5.74) is 2.01. The van der Waals surface area contributed by atoms with Gasteiger partial charge < -0.3 is 5.32 Å². The summed E-state index contributed by atoms with van der Waals surface area (Å²) in [4.78, 5) is 28.2. The molecular weight excluding hydrogens is 268 g/mol. The highest BCUT2D eigenvalue weighted by atomic mass is 32.1. The van der Waals surface area contributed by atoms with Crippen molar-refractivity contribution in [3.63, 3.8) is 0 Å². The van der Waals surface area contributed by atoms with Gasteiger partial charge in [-0.3, -0.25) is 9.59 Å². The molecule has 0 saturated heterocycles. The Hall–Kier alpha value is -1.53. The van der Waals surface area contributed by atoms with Crippen LogP contribution < -0.4 is 5.32 Å². The lowest BCUT2D eigenvalue weighted by molar-refractivity contribution is 0.0916. The van der Waals surface area contributed by atoms with Gasteiger partial charge in [-0.2, -0.15) is 0 Å². The number of hydrogen-bond donors (Lipinski definition) is 1. The van der Waals surface area contributed by atoms with Crippen molar-refractivity contribution in [3.8, 4) is 0 Å². The summed E-state index contributed by atoms with van der Waals surface area (Å²) in [5, 5.41) is 6.31. The lowest BCUT2D eigenvalue weighted by Gasteiger charge is -2.11. The van der Waals surface area contributed by atoms with Crippen LogP contribution in [0.3, 0.4) is 0 Å². The van der Waals surface area contributed by atoms with E-state index >= 15 is 0 Å². The summed E-state index contributed by atoms with van der Waals surface area (Å²) in [6.45, 7) is 1.82.